The molecule has 2 aromatic carbocycles. The first-order valence-electron chi connectivity index (χ1n) is 10.7. The second-order valence-electron chi connectivity index (χ2n) is 7.39. The average Bonchev–Trinajstić information content (AvgIpc) is 3.19. The number of aromatic nitrogens is 3. The highest BCUT2D eigenvalue weighted by Crippen LogP contribution is 2.31. The third-order valence-electron chi connectivity index (χ3n) is 4.67. The Morgan fingerprint density at radius 2 is 1.97 bits per heavy atom. The van der Waals surface area contributed by atoms with Gasteiger partial charge in [-0.05, 0) is 49.7 Å². The van der Waals surface area contributed by atoms with Crippen molar-refractivity contribution in [1.29, 1.82) is 0 Å². The van der Waals surface area contributed by atoms with Crippen LogP contribution >= 0.6 is 11.8 Å². The Labute approximate surface area is 205 Å². The maximum atomic E-state index is 12.9. The SMILES string of the molecule is C=CCn1c(COc2ccc(C)cc2OCC)nnc1SCC(=O)Nc1cccc(C(F)(F)F)c1. The second-order valence-corrected chi connectivity index (χ2v) is 8.33. The first kappa shape index (κ1) is 26.1. The lowest BCUT2D eigenvalue weighted by molar-refractivity contribution is -0.137. The van der Waals surface area contributed by atoms with Crippen LogP contribution in [0.25, 0.3) is 0 Å². The van der Waals surface area contributed by atoms with Crippen molar-refractivity contribution in [3.63, 3.8) is 0 Å². The number of amides is 1. The number of benzene rings is 2. The number of carbonyl (C=O) groups is 1. The van der Waals surface area contributed by atoms with E-state index in [2.05, 4.69) is 22.1 Å². The van der Waals surface area contributed by atoms with Crippen LogP contribution in [0, 0.1) is 6.92 Å². The van der Waals surface area contributed by atoms with Crippen molar-refractivity contribution < 1.29 is 27.4 Å². The molecule has 0 aliphatic rings. The maximum Gasteiger partial charge on any atom is 0.416 e. The van der Waals surface area contributed by atoms with E-state index in [1.165, 1.54) is 12.1 Å². The molecular formula is C24H25F3N4O3S. The van der Waals surface area contributed by atoms with E-state index >= 15 is 0 Å². The molecule has 0 fully saturated rings. The monoisotopic (exact) mass is 506 g/mol. The summed E-state index contributed by atoms with van der Waals surface area (Å²) >= 11 is 1.11. The zero-order chi connectivity index (χ0) is 25.4. The minimum atomic E-state index is -4.49. The van der Waals surface area contributed by atoms with Gasteiger partial charge >= 0.3 is 6.18 Å². The van der Waals surface area contributed by atoms with Crippen LogP contribution in [0.15, 0.2) is 60.3 Å². The fraction of sp³-hybridized carbons (Fsp3) is 0.292. The van der Waals surface area contributed by atoms with Crippen LogP contribution in [0.4, 0.5) is 18.9 Å². The number of allylic oxidation sites excluding steroid dienone is 1. The summed E-state index contributed by atoms with van der Waals surface area (Å²) in [6.45, 7) is 8.58. The number of rotatable bonds is 11. The lowest BCUT2D eigenvalue weighted by atomic mass is 10.2. The zero-order valence-corrected chi connectivity index (χ0v) is 20.1. The minimum Gasteiger partial charge on any atom is -0.490 e. The van der Waals surface area contributed by atoms with Crippen molar-refractivity contribution in [3.05, 3.63) is 72.1 Å². The number of aryl methyl sites for hydroxylation is 1. The van der Waals surface area contributed by atoms with E-state index in [0.717, 1.165) is 29.5 Å². The van der Waals surface area contributed by atoms with E-state index in [0.29, 0.717) is 35.6 Å². The summed E-state index contributed by atoms with van der Waals surface area (Å²) in [5, 5.41) is 11.2. The Morgan fingerprint density at radius 3 is 2.69 bits per heavy atom. The number of thioether (sulfide) groups is 1. The lowest BCUT2D eigenvalue weighted by Crippen LogP contribution is -2.15. The molecule has 1 aromatic heterocycles. The highest BCUT2D eigenvalue weighted by Gasteiger charge is 2.30. The van der Waals surface area contributed by atoms with Crippen molar-refractivity contribution in [1.82, 2.24) is 14.8 Å². The van der Waals surface area contributed by atoms with Crippen LogP contribution in [-0.2, 0) is 24.1 Å². The van der Waals surface area contributed by atoms with Crippen LogP contribution in [0.3, 0.4) is 0 Å². The Kier molecular flexibility index (Phi) is 8.80. The fourth-order valence-corrected chi connectivity index (χ4v) is 3.86. The molecule has 1 amide bonds. The van der Waals surface area contributed by atoms with E-state index in [1.807, 2.05) is 32.0 Å². The largest absolute Gasteiger partial charge is 0.490 e. The second kappa shape index (κ2) is 11.8. The summed E-state index contributed by atoms with van der Waals surface area (Å²) in [6, 6.07) is 10.1. The number of alkyl halides is 3. The van der Waals surface area contributed by atoms with Crippen LogP contribution in [0.1, 0.15) is 23.9 Å². The highest BCUT2D eigenvalue weighted by molar-refractivity contribution is 7.99. The summed E-state index contributed by atoms with van der Waals surface area (Å²) in [5.41, 5.74) is 0.271. The first-order valence-corrected chi connectivity index (χ1v) is 11.7. The summed E-state index contributed by atoms with van der Waals surface area (Å²) in [7, 11) is 0. The van der Waals surface area contributed by atoms with Crippen LogP contribution in [0.5, 0.6) is 11.5 Å². The Hall–Kier alpha value is -3.47. The van der Waals surface area contributed by atoms with Gasteiger partial charge in [-0.15, -0.1) is 16.8 Å². The van der Waals surface area contributed by atoms with Gasteiger partial charge in [-0.25, -0.2) is 0 Å². The smallest absolute Gasteiger partial charge is 0.416 e. The molecule has 35 heavy (non-hydrogen) atoms. The molecule has 186 valence electrons. The van der Waals surface area contributed by atoms with Gasteiger partial charge in [-0.3, -0.25) is 9.36 Å². The third-order valence-corrected chi connectivity index (χ3v) is 5.63. The molecular weight excluding hydrogens is 481 g/mol. The summed E-state index contributed by atoms with van der Waals surface area (Å²) in [5.74, 6) is 1.18. The number of hydrogen-bond donors (Lipinski definition) is 1. The first-order chi connectivity index (χ1) is 16.7. The predicted molar refractivity (Wildman–Crippen MR) is 128 cm³/mol. The average molecular weight is 507 g/mol. The Balaban J connectivity index is 1.65. The van der Waals surface area contributed by atoms with Gasteiger partial charge in [0.2, 0.25) is 5.91 Å². The van der Waals surface area contributed by atoms with Crippen molar-refractivity contribution in [2.75, 3.05) is 17.7 Å². The molecule has 1 heterocycles. The number of halogens is 3. The molecule has 0 bridgehead atoms. The van der Waals surface area contributed by atoms with Gasteiger partial charge in [-0.2, -0.15) is 13.2 Å². The van der Waals surface area contributed by atoms with Gasteiger partial charge in [0.15, 0.2) is 22.5 Å². The molecule has 0 radical (unpaired) electrons. The van der Waals surface area contributed by atoms with E-state index in [1.54, 1.807) is 10.6 Å². The number of hydrogen-bond acceptors (Lipinski definition) is 6. The maximum absolute atomic E-state index is 12.9. The minimum absolute atomic E-state index is 0.0651. The van der Waals surface area contributed by atoms with Crippen molar-refractivity contribution in [3.8, 4) is 11.5 Å². The molecule has 0 aliphatic carbocycles. The van der Waals surface area contributed by atoms with Crippen LogP contribution in [0.2, 0.25) is 0 Å². The number of carbonyl (C=O) groups excluding carboxylic acids is 1. The molecule has 11 heteroatoms. The Morgan fingerprint density at radius 1 is 1.17 bits per heavy atom. The molecule has 0 unspecified atom stereocenters. The molecule has 0 spiro atoms. The van der Waals surface area contributed by atoms with Gasteiger partial charge in [0.05, 0.1) is 17.9 Å². The third kappa shape index (κ3) is 7.25. The fourth-order valence-electron chi connectivity index (χ4n) is 3.09. The van der Waals surface area contributed by atoms with E-state index in [-0.39, 0.29) is 18.0 Å². The van der Waals surface area contributed by atoms with Gasteiger partial charge < -0.3 is 14.8 Å². The van der Waals surface area contributed by atoms with E-state index in [4.69, 9.17) is 9.47 Å². The van der Waals surface area contributed by atoms with Crippen molar-refractivity contribution in [2.24, 2.45) is 0 Å². The van der Waals surface area contributed by atoms with Crippen LogP contribution in [-0.4, -0.2) is 33.0 Å². The normalized spacial score (nSPS) is 11.2. The molecule has 0 aliphatic heterocycles. The molecule has 0 saturated carbocycles. The molecule has 7 nitrogen and oxygen atoms in total. The van der Waals surface area contributed by atoms with Crippen molar-refractivity contribution in [2.45, 2.75) is 38.3 Å². The van der Waals surface area contributed by atoms with E-state index in [9.17, 15) is 18.0 Å². The molecule has 0 saturated heterocycles. The highest BCUT2D eigenvalue weighted by atomic mass is 32.2. The van der Waals surface area contributed by atoms with Gasteiger partial charge in [0.25, 0.3) is 0 Å². The molecule has 3 aromatic rings. The quantitative estimate of drug-likeness (QED) is 0.273. The lowest BCUT2D eigenvalue weighted by Gasteiger charge is -2.13. The standard InChI is InChI=1S/C24H25F3N4O3S/c1-4-11-31-21(14-34-19-10-9-16(3)12-20(19)33-5-2)29-30-23(31)35-15-22(32)28-18-8-6-7-17(13-18)24(25,26)27/h4,6-10,12-13H,1,5,11,14-15H2,2-3H3,(H,28,32). The van der Waals surface area contributed by atoms with Gasteiger partial charge in [0.1, 0.15) is 6.61 Å². The summed E-state index contributed by atoms with van der Waals surface area (Å²) in [4.78, 5) is 12.3. The molecule has 3 rings (SSSR count). The summed E-state index contributed by atoms with van der Waals surface area (Å²) in [6.07, 6.45) is -2.83. The topological polar surface area (TPSA) is 78.3 Å². The number of nitrogens with one attached hydrogen (secondary N) is 1. The predicted octanol–water partition coefficient (Wildman–Crippen LogP) is 5.50. The van der Waals surface area contributed by atoms with Crippen LogP contribution < -0.4 is 14.8 Å². The Bertz CT molecular complexity index is 1180. The van der Waals surface area contributed by atoms with Gasteiger partial charge in [0, 0.05) is 12.2 Å². The van der Waals surface area contributed by atoms with Gasteiger partial charge in [-0.1, -0.05) is 30.0 Å². The number of anilines is 1. The van der Waals surface area contributed by atoms with Crippen molar-refractivity contribution >= 4 is 23.4 Å². The molecule has 0 atom stereocenters. The number of nitrogens with zero attached hydrogens (tertiary/aromatic N) is 3. The number of ether oxygens (including phenoxy) is 2. The zero-order valence-electron chi connectivity index (χ0n) is 19.3. The van der Waals surface area contributed by atoms with E-state index < -0.39 is 17.6 Å². The summed E-state index contributed by atoms with van der Waals surface area (Å²) < 4.78 is 51.9. The molecule has 1 N–H and O–H groups in total.